The summed E-state index contributed by atoms with van der Waals surface area (Å²) in [7, 11) is 4.74. The summed E-state index contributed by atoms with van der Waals surface area (Å²) in [4.78, 5) is 14.3. The molecule has 2 atom stereocenters. The molecule has 0 saturated carbocycles. The second-order valence-corrected chi connectivity index (χ2v) is 5.54. The Labute approximate surface area is 124 Å². The molecule has 5 nitrogen and oxygen atoms in total. The Morgan fingerprint density at radius 2 is 1.90 bits per heavy atom. The zero-order valence-corrected chi connectivity index (χ0v) is 12.7. The van der Waals surface area contributed by atoms with Gasteiger partial charge in [0.15, 0.2) is 11.5 Å². The predicted octanol–water partition coefficient (Wildman–Crippen LogP) is 1.94. The zero-order chi connectivity index (χ0) is 15.0. The first-order valence-electron chi connectivity index (χ1n) is 7.28. The van der Waals surface area contributed by atoms with Gasteiger partial charge in [0.2, 0.25) is 0 Å². The Morgan fingerprint density at radius 3 is 2.57 bits per heavy atom. The van der Waals surface area contributed by atoms with Crippen molar-refractivity contribution in [1.82, 2.24) is 4.90 Å². The summed E-state index contributed by atoms with van der Waals surface area (Å²) >= 11 is 0. The third-order valence-corrected chi connectivity index (χ3v) is 4.59. The average Bonchev–Trinajstić information content (AvgIpc) is 3.01. The van der Waals surface area contributed by atoms with Gasteiger partial charge in [-0.05, 0) is 49.1 Å². The van der Waals surface area contributed by atoms with Crippen molar-refractivity contribution in [3.05, 3.63) is 23.3 Å². The van der Waals surface area contributed by atoms with Crippen LogP contribution in [0.4, 0.5) is 0 Å². The molecule has 0 N–H and O–H groups in total. The molecular weight excluding hydrogens is 270 g/mol. The van der Waals surface area contributed by atoms with Gasteiger partial charge in [-0.25, -0.2) is 0 Å². The van der Waals surface area contributed by atoms with Gasteiger partial charge < -0.3 is 14.2 Å². The van der Waals surface area contributed by atoms with Crippen LogP contribution < -0.4 is 9.47 Å². The molecule has 2 aliphatic rings. The lowest BCUT2D eigenvalue weighted by Gasteiger charge is -2.37. The lowest BCUT2D eigenvalue weighted by atomic mass is 9.88. The molecule has 21 heavy (non-hydrogen) atoms. The van der Waals surface area contributed by atoms with Gasteiger partial charge in [0.05, 0.1) is 21.3 Å². The molecule has 0 bridgehead atoms. The fourth-order valence-electron chi connectivity index (χ4n) is 3.60. The van der Waals surface area contributed by atoms with E-state index >= 15 is 0 Å². The van der Waals surface area contributed by atoms with E-state index in [9.17, 15) is 4.79 Å². The third-order valence-electron chi connectivity index (χ3n) is 4.59. The fourth-order valence-corrected chi connectivity index (χ4v) is 3.60. The largest absolute Gasteiger partial charge is 0.493 e. The van der Waals surface area contributed by atoms with E-state index in [1.54, 1.807) is 14.2 Å². The number of rotatable bonds is 3. The van der Waals surface area contributed by atoms with E-state index in [-0.39, 0.29) is 18.1 Å². The number of carbonyl (C=O) groups excluding carboxylic acids is 1. The van der Waals surface area contributed by atoms with Crippen molar-refractivity contribution >= 4 is 5.97 Å². The average molecular weight is 291 g/mol. The molecule has 114 valence electrons. The quantitative estimate of drug-likeness (QED) is 0.797. The van der Waals surface area contributed by atoms with E-state index in [2.05, 4.69) is 11.0 Å². The zero-order valence-electron chi connectivity index (χ0n) is 12.7. The Bertz CT molecular complexity index is 557. The number of hydrogen-bond acceptors (Lipinski definition) is 5. The highest BCUT2D eigenvalue weighted by atomic mass is 16.5. The summed E-state index contributed by atoms with van der Waals surface area (Å²) in [6, 6.07) is 4.15. The molecule has 0 unspecified atom stereocenters. The van der Waals surface area contributed by atoms with Gasteiger partial charge in [-0.15, -0.1) is 0 Å². The van der Waals surface area contributed by atoms with E-state index in [1.165, 1.54) is 12.7 Å². The van der Waals surface area contributed by atoms with E-state index < -0.39 is 0 Å². The van der Waals surface area contributed by atoms with Crippen LogP contribution >= 0.6 is 0 Å². The first-order valence-corrected chi connectivity index (χ1v) is 7.28. The van der Waals surface area contributed by atoms with Gasteiger partial charge in [-0.1, -0.05) is 0 Å². The Balaban J connectivity index is 2.05. The minimum Gasteiger partial charge on any atom is -0.493 e. The number of methoxy groups -OCH3 is 3. The monoisotopic (exact) mass is 291 g/mol. The molecule has 0 radical (unpaired) electrons. The van der Waals surface area contributed by atoms with E-state index in [0.29, 0.717) is 12.2 Å². The first kappa shape index (κ1) is 14.2. The van der Waals surface area contributed by atoms with Crippen molar-refractivity contribution in [2.75, 3.05) is 27.9 Å². The van der Waals surface area contributed by atoms with Crippen LogP contribution in [0.2, 0.25) is 0 Å². The van der Waals surface area contributed by atoms with Crippen LogP contribution in [-0.4, -0.2) is 44.8 Å². The molecule has 1 fully saturated rings. The van der Waals surface area contributed by atoms with Gasteiger partial charge in [-0.2, -0.15) is 0 Å². The summed E-state index contributed by atoms with van der Waals surface area (Å²) in [6.45, 7) is 0.943. The van der Waals surface area contributed by atoms with E-state index in [0.717, 1.165) is 30.7 Å². The smallest absolute Gasteiger partial charge is 0.323 e. The molecular formula is C16H21NO4. The van der Waals surface area contributed by atoms with Crippen LogP contribution in [0.1, 0.15) is 30.0 Å². The summed E-state index contributed by atoms with van der Waals surface area (Å²) < 4.78 is 15.8. The Hall–Kier alpha value is -1.75. The summed E-state index contributed by atoms with van der Waals surface area (Å²) in [5.74, 6) is 1.31. The normalized spacial score (nSPS) is 24.1. The number of nitrogens with zero attached hydrogens (tertiary/aromatic N) is 1. The number of benzene rings is 1. The number of fused-ring (bicyclic) bond motifs is 3. The van der Waals surface area contributed by atoms with Crippen molar-refractivity contribution in [3.63, 3.8) is 0 Å². The van der Waals surface area contributed by atoms with Gasteiger partial charge in [0, 0.05) is 6.04 Å². The van der Waals surface area contributed by atoms with E-state index in [1.807, 2.05) is 6.07 Å². The van der Waals surface area contributed by atoms with Crippen LogP contribution in [0.3, 0.4) is 0 Å². The van der Waals surface area contributed by atoms with Gasteiger partial charge in [0.1, 0.15) is 6.04 Å². The summed E-state index contributed by atoms with van der Waals surface area (Å²) in [5.41, 5.74) is 2.41. The standard InChI is InChI=1S/C16H21NO4/c1-19-14-8-10-7-13(16(18)21-3)17-6-4-5-12(17)11(10)9-15(14)20-2/h8-9,12-13H,4-7H2,1-3H3/t12-,13-/m1/s1. The highest BCUT2D eigenvalue weighted by molar-refractivity contribution is 5.77. The maximum atomic E-state index is 12.1. The SMILES string of the molecule is COC(=O)[C@H]1Cc2cc(OC)c(OC)cc2[C@H]2CCCN12. The van der Waals surface area contributed by atoms with Crippen LogP contribution in [0.25, 0.3) is 0 Å². The van der Waals surface area contributed by atoms with Gasteiger partial charge in [0.25, 0.3) is 0 Å². The van der Waals surface area contributed by atoms with Crippen LogP contribution in [-0.2, 0) is 16.0 Å². The third kappa shape index (κ3) is 2.25. The van der Waals surface area contributed by atoms with Crippen LogP contribution in [0, 0.1) is 0 Å². The number of hydrogen-bond donors (Lipinski definition) is 0. The van der Waals surface area contributed by atoms with Gasteiger partial charge >= 0.3 is 5.97 Å². The lowest BCUT2D eigenvalue weighted by molar-refractivity contribution is -0.147. The maximum Gasteiger partial charge on any atom is 0.323 e. The molecule has 2 heterocycles. The summed E-state index contributed by atoms with van der Waals surface area (Å²) in [6.07, 6.45) is 2.83. The summed E-state index contributed by atoms with van der Waals surface area (Å²) in [5, 5.41) is 0. The second-order valence-electron chi connectivity index (χ2n) is 5.54. The van der Waals surface area contributed by atoms with Crippen molar-refractivity contribution < 1.29 is 19.0 Å². The maximum absolute atomic E-state index is 12.1. The first-order chi connectivity index (χ1) is 10.2. The van der Waals surface area contributed by atoms with E-state index in [4.69, 9.17) is 14.2 Å². The number of carbonyl (C=O) groups is 1. The van der Waals surface area contributed by atoms with Crippen LogP contribution in [0.5, 0.6) is 11.5 Å². The highest BCUT2D eigenvalue weighted by Gasteiger charge is 2.41. The topological polar surface area (TPSA) is 48.0 Å². The second kappa shape index (κ2) is 5.56. The van der Waals surface area contributed by atoms with Crippen molar-refractivity contribution in [2.45, 2.75) is 31.3 Å². The molecule has 3 rings (SSSR count). The molecule has 1 aromatic carbocycles. The molecule has 0 aliphatic carbocycles. The minimum absolute atomic E-state index is 0.151. The molecule has 1 aromatic rings. The molecule has 0 amide bonds. The number of ether oxygens (including phenoxy) is 3. The highest BCUT2D eigenvalue weighted by Crippen LogP contribution is 2.44. The van der Waals surface area contributed by atoms with Crippen molar-refractivity contribution in [3.8, 4) is 11.5 Å². The van der Waals surface area contributed by atoms with Gasteiger partial charge in [-0.3, -0.25) is 9.69 Å². The molecule has 0 aromatic heterocycles. The Kier molecular flexibility index (Phi) is 3.76. The molecule has 0 spiro atoms. The molecule has 2 aliphatic heterocycles. The fraction of sp³-hybridized carbons (Fsp3) is 0.562. The van der Waals surface area contributed by atoms with Crippen molar-refractivity contribution in [2.24, 2.45) is 0 Å². The molecule has 1 saturated heterocycles. The minimum atomic E-state index is -0.187. The lowest BCUT2D eigenvalue weighted by Crippen LogP contribution is -2.46. The van der Waals surface area contributed by atoms with Crippen LogP contribution in [0.15, 0.2) is 12.1 Å². The van der Waals surface area contributed by atoms with Crippen molar-refractivity contribution in [1.29, 1.82) is 0 Å². The predicted molar refractivity (Wildman–Crippen MR) is 77.7 cm³/mol. The molecule has 5 heteroatoms. The Morgan fingerprint density at radius 1 is 1.19 bits per heavy atom. The number of esters is 1.